The summed E-state index contributed by atoms with van der Waals surface area (Å²) < 4.78 is 6.54. The summed E-state index contributed by atoms with van der Waals surface area (Å²) in [5.41, 5.74) is 1.27. The van der Waals surface area contributed by atoms with Gasteiger partial charge in [0, 0.05) is 17.4 Å². The minimum Gasteiger partial charge on any atom is -0.381 e. The van der Waals surface area contributed by atoms with Crippen molar-refractivity contribution >= 4 is 38.9 Å². The topological polar surface area (TPSA) is 9.23 Å². The lowest BCUT2D eigenvalue weighted by atomic mass is 10.0. The number of hydrogen-bond acceptors (Lipinski definition) is 2. The molecule has 0 N–H and O–H groups in total. The molecule has 1 aliphatic rings. The zero-order chi connectivity index (χ0) is 10.1. The van der Waals surface area contributed by atoms with Crippen molar-refractivity contribution in [3.05, 3.63) is 20.3 Å². The van der Waals surface area contributed by atoms with E-state index in [1.54, 1.807) is 11.3 Å². The molecule has 0 aliphatic carbocycles. The van der Waals surface area contributed by atoms with E-state index in [9.17, 15) is 0 Å². The van der Waals surface area contributed by atoms with E-state index >= 15 is 0 Å². The average Bonchev–Trinajstić information content (AvgIpc) is 2.76. The van der Waals surface area contributed by atoms with Gasteiger partial charge in [-0.2, -0.15) is 0 Å². The molecule has 0 aromatic carbocycles. The maximum atomic E-state index is 6.41. The molecule has 1 aromatic rings. The van der Waals surface area contributed by atoms with Gasteiger partial charge in [-0.05, 0) is 40.9 Å². The lowest BCUT2D eigenvalue weighted by Crippen LogP contribution is -2.05. The Morgan fingerprint density at radius 2 is 2.50 bits per heavy atom. The zero-order valence-corrected chi connectivity index (χ0v) is 11.1. The predicted octanol–water partition coefficient (Wildman–Crippen LogP) is 4.14. The molecule has 78 valence electrons. The molecular formula is C10H12BrClOS. The van der Waals surface area contributed by atoms with Gasteiger partial charge in [-0.3, -0.25) is 0 Å². The van der Waals surface area contributed by atoms with Gasteiger partial charge in [-0.25, -0.2) is 0 Å². The van der Waals surface area contributed by atoms with Gasteiger partial charge in [0.25, 0.3) is 0 Å². The summed E-state index contributed by atoms with van der Waals surface area (Å²) in [6, 6.07) is 2.17. The highest BCUT2D eigenvalue weighted by Gasteiger charge is 2.26. The summed E-state index contributed by atoms with van der Waals surface area (Å²) in [4.78, 5) is 1.26. The summed E-state index contributed by atoms with van der Waals surface area (Å²) in [7, 11) is 0. The molecule has 0 saturated carbocycles. The lowest BCUT2D eigenvalue weighted by Gasteiger charge is -2.12. The van der Waals surface area contributed by atoms with Crippen molar-refractivity contribution in [3.8, 4) is 0 Å². The Morgan fingerprint density at radius 3 is 3.00 bits per heavy atom. The first-order chi connectivity index (χ1) is 6.68. The fraction of sp³-hybridized carbons (Fsp3) is 0.600. The highest BCUT2D eigenvalue weighted by molar-refractivity contribution is 9.11. The summed E-state index contributed by atoms with van der Waals surface area (Å²) >= 11 is 11.7. The van der Waals surface area contributed by atoms with Crippen molar-refractivity contribution in [2.24, 2.45) is 5.92 Å². The van der Waals surface area contributed by atoms with Gasteiger partial charge in [0.2, 0.25) is 0 Å². The van der Waals surface area contributed by atoms with E-state index in [0.717, 1.165) is 19.6 Å². The second kappa shape index (κ2) is 4.52. The van der Waals surface area contributed by atoms with E-state index in [1.807, 2.05) is 0 Å². The number of aryl methyl sites for hydroxylation is 1. The first-order valence-electron chi connectivity index (χ1n) is 4.66. The van der Waals surface area contributed by atoms with E-state index in [0.29, 0.717) is 5.92 Å². The van der Waals surface area contributed by atoms with Crippen LogP contribution in [-0.4, -0.2) is 13.2 Å². The number of rotatable bonds is 2. The van der Waals surface area contributed by atoms with Gasteiger partial charge < -0.3 is 4.74 Å². The molecule has 14 heavy (non-hydrogen) atoms. The summed E-state index contributed by atoms with van der Waals surface area (Å²) in [6.07, 6.45) is 1.09. The number of ether oxygens (including phenoxy) is 1. The van der Waals surface area contributed by atoms with Gasteiger partial charge in [0.1, 0.15) is 0 Å². The largest absolute Gasteiger partial charge is 0.381 e. The molecule has 0 amide bonds. The van der Waals surface area contributed by atoms with Crippen LogP contribution in [0.2, 0.25) is 0 Å². The van der Waals surface area contributed by atoms with E-state index in [1.165, 1.54) is 14.2 Å². The molecule has 4 heteroatoms. The second-order valence-corrected chi connectivity index (χ2v) is 6.50. The zero-order valence-electron chi connectivity index (χ0n) is 7.93. The molecule has 1 fully saturated rings. The van der Waals surface area contributed by atoms with Crippen LogP contribution < -0.4 is 0 Å². The van der Waals surface area contributed by atoms with Gasteiger partial charge in [-0.15, -0.1) is 22.9 Å². The summed E-state index contributed by atoms with van der Waals surface area (Å²) in [5, 5.41) is 0.118. The van der Waals surface area contributed by atoms with Crippen molar-refractivity contribution in [2.75, 3.05) is 13.2 Å². The average molecular weight is 296 g/mol. The molecule has 1 saturated heterocycles. The van der Waals surface area contributed by atoms with Gasteiger partial charge in [0.15, 0.2) is 0 Å². The van der Waals surface area contributed by atoms with Crippen LogP contribution in [0.25, 0.3) is 0 Å². The van der Waals surface area contributed by atoms with E-state index in [4.69, 9.17) is 16.3 Å². The van der Waals surface area contributed by atoms with E-state index < -0.39 is 0 Å². The van der Waals surface area contributed by atoms with Gasteiger partial charge >= 0.3 is 0 Å². The third-order valence-electron chi connectivity index (χ3n) is 2.53. The minimum absolute atomic E-state index is 0.118. The predicted molar refractivity (Wildman–Crippen MR) is 64.3 cm³/mol. The maximum absolute atomic E-state index is 6.41. The number of halogens is 2. The smallest absolute Gasteiger partial charge is 0.0731 e. The Labute approximate surface area is 102 Å². The third-order valence-corrected chi connectivity index (χ3v) is 5.47. The SMILES string of the molecule is Cc1cc(C(Cl)C2CCOC2)sc1Br. The Balaban J connectivity index is 2.13. The molecule has 0 bridgehead atoms. The van der Waals surface area contributed by atoms with Crippen LogP contribution in [0.5, 0.6) is 0 Å². The van der Waals surface area contributed by atoms with Crippen molar-refractivity contribution in [1.29, 1.82) is 0 Å². The molecule has 2 rings (SSSR count). The molecule has 1 aromatic heterocycles. The molecule has 0 radical (unpaired) electrons. The first-order valence-corrected chi connectivity index (χ1v) is 6.70. The molecule has 1 nitrogen and oxygen atoms in total. The first kappa shape index (κ1) is 10.9. The molecule has 2 atom stereocenters. The number of alkyl halides is 1. The molecular weight excluding hydrogens is 284 g/mol. The van der Waals surface area contributed by atoms with Crippen LogP contribution in [0.15, 0.2) is 9.85 Å². The van der Waals surface area contributed by atoms with Crippen LogP contribution in [0.1, 0.15) is 22.2 Å². The van der Waals surface area contributed by atoms with Gasteiger partial charge in [-0.1, -0.05) is 0 Å². The summed E-state index contributed by atoms with van der Waals surface area (Å²) in [5.74, 6) is 0.488. The summed E-state index contributed by atoms with van der Waals surface area (Å²) in [6.45, 7) is 3.76. The highest BCUT2D eigenvalue weighted by atomic mass is 79.9. The quantitative estimate of drug-likeness (QED) is 0.745. The van der Waals surface area contributed by atoms with Crippen LogP contribution in [0.4, 0.5) is 0 Å². The Bertz CT molecular complexity index is 300. The highest BCUT2D eigenvalue weighted by Crippen LogP contribution is 2.40. The Morgan fingerprint density at radius 1 is 1.71 bits per heavy atom. The monoisotopic (exact) mass is 294 g/mol. The van der Waals surface area contributed by atoms with Crippen LogP contribution in [0.3, 0.4) is 0 Å². The molecule has 0 spiro atoms. The molecule has 2 unspecified atom stereocenters. The fourth-order valence-electron chi connectivity index (χ4n) is 1.64. The van der Waals surface area contributed by atoms with Crippen molar-refractivity contribution < 1.29 is 4.74 Å². The van der Waals surface area contributed by atoms with Gasteiger partial charge in [0.05, 0.1) is 15.8 Å². The normalized spacial score (nSPS) is 24.1. The number of thiophene rings is 1. The van der Waals surface area contributed by atoms with Crippen LogP contribution in [-0.2, 0) is 4.74 Å². The van der Waals surface area contributed by atoms with Crippen LogP contribution in [0, 0.1) is 12.8 Å². The third kappa shape index (κ3) is 2.16. The van der Waals surface area contributed by atoms with E-state index in [2.05, 4.69) is 28.9 Å². The molecule has 2 heterocycles. The standard InChI is InChI=1S/C10H12BrClOS/c1-6-4-8(14-10(6)11)9(12)7-2-3-13-5-7/h4,7,9H,2-3,5H2,1H3. The van der Waals surface area contributed by atoms with Crippen LogP contribution >= 0.6 is 38.9 Å². The van der Waals surface area contributed by atoms with Crippen molar-refractivity contribution in [1.82, 2.24) is 0 Å². The van der Waals surface area contributed by atoms with Crippen molar-refractivity contribution in [3.63, 3.8) is 0 Å². The molecule has 1 aliphatic heterocycles. The fourth-order valence-corrected chi connectivity index (χ4v) is 3.67. The van der Waals surface area contributed by atoms with E-state index in [-0.39, 0.29) is 5.38 Å². The minimum atomic E-state index is 0.118. The lowest BCUT2D eigenvalue weighted by molar-refractivity contribution is 0.185. The second-order valence-electron chi connectivity index (χ2n) is 3.63. The Kier molecular flexibility index (Phi) is 3.53. The Hall–Kier alpha value is 0.430. The van der Waals surface area contributed by atoms with Crippen molar-refractivity contribution in [2.45, 2.75) is 18.7 Å². The number of hydrogen-bond donors (Lipinski definition) is 0. The maximum Gasteiger partial charge on any atom is 0.0731 e.